The number of halogens is 1. The van der Waals surface area contributed by atoms with Crippen molar-refractivity contribution in [1.29, 1.82) is 0 Å². The molecule has 1 rings (SSSR count). The van der Waals surface area contributed by atoms with Crippen LogP contribution in [0.5, 0.6) is 0 Å². The lowest BCUT2D eigenvalue weighted by Gasteiger charge is -2.07. The van der Waals surface area contributed by atoms with E-state index >= 15 is 0 Å². The quantitative estimate of drug-likeness (QED) is 0.446. The molecule has 0 aromatic rings. The van der Waals surface area contributed by atoms with Gasteiger partial charge in [0.15, 0.2) is 6.17 Å². The summed E-state index contributed by atoms with van der Waals surface area (Å²) in [7, 11) is 5.11. The summed E-state index contributed by atoms with van der Waals surface area (Å²) in [4.78, 5) is 0. The van der Waals surface area contributed by atoms with Crippen molar-refractivity contribution in [1.82, 2.24) is 0 Å². The fraction of sp³-hybridized carbons (Fsp3) is 1.00. The third-order valence-electron chi connectivity index (χ3n) is 1.53. The summed E-state index contributed by atoms with van der Waals surface area (Å²) < 4.78 is 17.3. The first-order valence-corrected chi connectivity index (χ1v) is 3.01. The fourth-order valence-electron chi connectivity index (χ4n) is 0.902. The van der Waals surface area contributed by atoms with E-state index in [1.165, 1.54) is 0 Å². The molecule has 0 spiro atoms. The van der Waals surface area contributed by atoms with E-state index in [1.807, 2.05) is 0 Å². The second-order valence-corrected chi connectivity index (χ2v) is 2.26. The van der Waals surface area contributed by atoms with Crippen LogP contribution in [0.4, 0.5) is 4.39 Å². The summed E-state index contributed by atoms with van der Waals surface area (Å²) >= 11 is 0. The summed E-state index contributed by atoms with van der Waals surface area (Å²) in [6, 6.07) is -1.01. The molecule has 1 unspecified atom stereocenters. The summed E-state index contributed by atoms with van der Waals surface area (Å²) in [6.45, 7) is -0.452. The van der Waals surface area contributed by atoms with Gasteiger partial charge in [0.1, 0.15) is 20.1 Å². The van der Waals surface area contributed by atoms with Crippen molar-refractivity contribution in [3.05, 3.63) is 0 Å². The number of aliphatic hydroxyl groups excluding tert-OH is 2. The van der Waals surface area contributed by atoms with Crippen LogP contribution < -0.4 is 0 Å². The minimum atomic E-state index is -1.57. The third kappa shape index (κ3) is 1.16. The average Bonchev–Trinajstić information content (AvgIpc) is 2.17. The highest BCUT2D eigenvalue weighted by molar-refractivity contribution is 6.11. The van der Waals surface area contributed by atoms with Gasteiger partial charge in [0.2, 0.25) is 0 Å². The summed E-state index contributed by atoms with van der Waals surface area (Å²) in [5, 5.41) is 17.3. The topological polar surface area (TPSA) is 49.7 Å². The zero-order chi connectivity index (χ0) is 7.72. The van der Waals surface area contributed by atoms with Gasteiger partial charge in [0, 0.05) is 6.00 Å². The first-order valence-electron chi connectivity index (χ1n) is 3.01. The standard InChI is InChI=1S/C5H8BFO3/c6-5-4(9)3(7)2(1-8)10-5/h2-5,8-9H,1H2/t2-,3?,4+,5-/m1/s1. The molecule has 1 aliphatic heterocycles. The number of rotatable bonds is 1. The number of aliphatic hydroxyl groups is 2. The van der Waals surface area contributed by atoms with Crippen LogP contribution in [0, 0.1) is 0 Å². The number of ether oxygens (including phenoxy) is 1. The first kappa shape index (κ1) is 7.98. The van der Waals surface area contributed by atoms with Crippen molar-refractivity contribution in [3.8, 4) is 0 Å². The summed E-state index contributed by atoms with van der Waals surface area (Å²) in [5.74, 6) is 0. The molecule has 10 heavy (non-hydrogen) atoms. The Kier molecular flexibility index (Phi) is 2.28. The second kappa shape index (κ2) is 2.86. The van der Waals surface area contributed by atoms with Gasteiger partial charge in [-0.2, -0.15) is 0 Å². The lowest BCUT2D eigenvalue weighted by molar-refractivity contribution is 0.0184. The molecule has 0 amide bonds. The molecular weight excluding hydrogens is 138 g/mol. The third-order valence-corrected chi connectivity index (χ3v) is 1.53. The Morgan fingerprint density at radius 3 is 2.40 bits per heavy atom. The van der Waals surface area contributed by atoms with E-state index in [-0.39, 0.29) is 0 Å². The van der Waals surface area contributed by atoms with Crippen LogP contribution in [-0.4, -0.2) is 49.0 Å². The van der Waals surface area contributed by atoms with Crippen LogP contribution in [0.1, 0.15) is 0 Å². The molecular formula is C5H8BFO3. The molecule has 0 aliphatic carbocycles. The molecule has 5 heteroatoms. The molecule has 0 saturated carbocycles. The molecule has 56 valence electrons. The predicted octanol–water partition coefficient (Wildman–Crippen LogP) is -1.43. The van der Waals surface area contributed by atoms with Crippen LogP contribution in [-0.2, 0) is 4.74 Å². The molecule has 2 N–H and O–H groups in total. The minimum Gasteiger partial charge on any atom is -0.394 e. The van der Waals surface area contributed by atoms with Crippen LogP contribution >= 0.6 is 0 Å². The van der Waals surface area contributed by atoms with Crippen molar-refractivity contribution in [2.75, 3.05) is 6.61 Å². The zero-order valence-corrected chi connectivity index (χ0v) is 5.27. The SMILES string of the molecule is [B][C@@H]1O[C@H](CO)C(F)[C@@H]1O. The van der Waals surface area contributed by atoms with Crippen LogP contribution in [0.2, 0.25) is 0 Å². The van der Waals surface area contributed by atoms with Crippen molar-refractivity contribution in [2.45, 2.75) is 24.4 Å². The number of alkyl halides is 1. The van der Waals surface area contributed by atoms with E-state index in [2.05, 4.69) is 4.74 Å². The molecule has 0 bridgehead atoms. The number of hydrogen-bond donors (Lipinski definition) is 2. The van der Waals surface area contributed by atoms with Crippen LogP contribution in [0.15, 0.2) is 0 Å². The van der Waals surface area contributed by atoms with Crippen molar-refractivity contribution >= 4 is 7.85 Å². The normalized spacial score (nSPS) is 47.9. The Bertz CT molecular complexity index is 123. The molecule has 1 aliphatic rings. The smallest absolute Gasteiger partial charge is 0.156 e. The highest BCUT2D eigenvalue weighted by Crippen LogP contribution is 2.21. The van der Waals surface area contributed by atoms with Gasteiger partial charge in [0.25, 0.3) is 0 Å². The summed E-state index contributed by atoms with van der Waals surface area (Å²) in [5.41, 5.74) is 0. The van der Waals surface area contributed by atoms with Crippen LogP contribution in [0.3, 0.4) is 0 Å². The van der Waals surface area contributed by atoms with E-state index in [4.69, 9.17) is 18.1 Å². The van der Waals surface area contributed by atoms with E-state index in [9.17, 15) is 4.39 Å². The Labute approximate surface area is 59.2 Å². The Balaban J connectivity index is 2.53. The van der Waals surface area contributed by atoms with Gasteiger partial charge in [-0.05, 0) is 0 Å². The largest absolute Gasteiger partial charge is 0.394 e. The van der Waals surface area contributed by atoms with Crippen LogP contribution in [0.25, 0.3) is 0 Å². The molecule has 0 aromatic carbocycles. The summed E-state index contributed by atoms with van der Waals surface area (Å²) in [6.07, 6.45) is -3.85. The lowest BCUT2D eigenvalue weighted by atomic mass is 9.94. The second-order valence-electron chi connectivity index (χ2n) is 2.26. The van der Waals surface area contributed by atoms with Gasteiger partial charge in [-0.1, -0.05) is 0 Å². The molecule has 2 radical (unpaired) electrons. The van der Waals surface area contributed by atoms with E-state index in [0.29, 0.717) is 0 Å². The Hall–Kier alpha value is -0.125. The maximum absolute atomic E-state index is 12.6. The molecule has 1 fully saturated rings. The monoisotopic (exact) mass is 146 g/mol. The number of hydrogen-bond acceptors (Lipinski definition) is 3. The van der Waals surface area contributed by atoms with Gasteiger partial charge in [-0.15, -0.1) is 0 Å². The predicted molar refractivity (Wildman–Crippen MR) is 32.4 cm³/mol. The molecule has 3 nitrogen and oxygen atoms in total. The zero-order valence-electron chi connectivity index (χ0n) is 5.27. The maximum atomic E-state index is 12.6. The van der Waals surface area contributed by atoms with Crippen molar-refractivity contribution in [3.63, 3.8) is 0 Å². The first-order chi connectivity index (χ1) is 4.66. The van der Waals surface area contributed by atoms with Crippen molar-refractivity contribution < 1.29 is 19.3 Å². The highest BCUT2D eigenvalue weighted by atomic mass is 19.1. The molecule has 0 aromatic heterocycles. The van der Waals surface area contributed by atoms with E-state index in [1.54, 1.807) is 0 Å². The fourth-order valence-corrected chi connectivity index (χ4v) is 0.902. The molecule has 1 heterocycles. The van der Waals surface area contributed by atoms with Gasteiger partial charge in [-0.3, -0.25) is 0 Å². The molecule has 1 saturated heterocycles. The molecule has 4 atom stereocenters. The van der Waals surface area contributed by atoms with Gasteiger partial charge >= 0.3 is 0 Å². The Morgan fingerprint density at radius 1 is 1.60 bits per heavy atom. The van der Waals surface area contributed by atoms with Gasteiger partial charge in [0.05, 0.1) is 6.61 Å². The van der Waals surface area contributed by atoms with E-state index < -0.39 is 31.0 Å². The lowest BCUT2D eigenvalue weighted by Crippen LogP contribution is -2.30. The van der Waals surface area contributed by atoms with Gasteiger partial charge < -0.3 is 14.9 Å². The Morgan fingerprint density at radius 2 is 2.20 bits per heavy atom. The van der Waals surface area contributed by atoms with Gasteiger partial charge in [-0.25, -0.2) is 4.39 Å². The highest BCUT2D eigenvalue weighted by Gasteiger charge is 2.40. The van der Waals surface area contributed by atoms with E-state index in [0.717, 1.165) is 0 Å². The minimum absolute atomic E-state index is 0.452. The van der Waals surface area contributed by atoms with Crippen molar-refractivity contribution in [2.24, 2.45) is 0 Å². The maximum Gasteiger partial charge on any atom is 0.156 e. The average molecular weight is 146 g/mol.